The minimum atomic E-state index is -0.364. The summed E-state index contributed by atoms with van der Waals surface area (Å²) < 4.78 is 1.94. The smallest absolute Gasteiger partial charge is 0.258 e. The SMILES string of the molecule is CC1(C)C2CC=C(C=Nn3c(-c4ccc([N+](=O)[O-])cc4)csc3=NC3CCCCC3)C1C2. The molecule has 4 aliphatic carbocycles. The number of nitro benzene ring substituents is 1. The fraction of sp³-hybridized carbons (Fsp3) is 0.520. The normalized spacial score (nSPS) is 25.6. The van der Waals surface area contributed by atoms with Gasteiger partial charge in [-0.05, 0) is 60.6 Å². The van der Waals surface area contributed by atoms with E-state index in [2.05, 4.69) is 25.3 Å². The first-order valence-electron chi connectivity index (χ1n) is 11.7. The number of rotatable bonds is 5. The van der Waals surface area contributed by atoms with Crippen molar-refractivity contribution >= 4 is 23.2 Å². The first-order valence-corrected chi connectivity index (χ1v) is 12.5. The van der Waals surface area contributed by atoms with Crippen molar-refractivity contribution in [1.29, 1.82) is 0 Å². The maximum Gasteiger partial charge on any atom is 0.269 e. The minimum absolute atomic E-state index is 0.0975. The molecule has 2 aromatic rings. The molecule has 0 N–H and O–H groups in total. The van der Waals surface area contributed by atoms with E-state index in [4.69, 9.17) is 10.1 Å². The molecule has 6 nitrogen and oxygen atoms in total. The molecule has 2 fully saturated rings. The highest BCUT2D eigenvalue weighted by atomic mass is 32.1. The number of benzene rings is 1. The third-order valence-corrected chi connectivity index (χ3v) is 8.59. The number of hydrogen-bond acceptors (Lipinski definition) is 5. The number of allylic oxidation sites excluding steroid dienone is 2. The molecule has 1 heterocycles. The van der Waals surface area contributed by atoms with Crippen LogP contribution >= 0.6 is 11.3 Å². The zero-order valence-corrected chi connectivity index (χ0v) is 19.6. The fourth-order valence-corrected chi connectivity index (χ4v) is 6.40. The van der Waals surface area contributed by atoms with Crippen molar-refractivity contribution in [3.05, 3.63) is 56.2 Å². The van der Waals surface area contributed by atoms with Crippen molar-refractivity contribution in [3.63, 3.8) is 0 Å². The highest BCUT2D eigenvalue weighted by molar-refractivity contribution is 7.07. The average molecular weight is 451 g/mol. The molecule has 2 saturated carbocycles. The lowest BCUT2D eigenvalue weighted by atomic mass is 9.49. The summed E-state index contributed by atoms with van der Waals surface area (Å²) in [6.45, 7) is 4.74. The molecule has 0 amide bonds. The Balaban J connectivity index is 1.52. The first-order chi connectivity index (χ1) is 15.4. The zero-order chi connectivity index (χ0) is 22.3. The number of aromatic nitrogens is 1. The summed E-state index contributed by atoms with van der Waals surface area (Å²) in [5.41, 5.74) is 3.62. The summed E-state index contributed by atoms with van der Waals surface area (Å²) in [6.07, 6.45) is 12.8. The number of thiazole rings is 1. The van der Waals surface area contributed by atoms with Crippen LogP contribution in [0.25, 0.3) is 11.3 Å². The minimum Gasteiger partial charge on any atom is -0.258 e. The van der Waals surface area contributed by atoms with E-state index < -0.39 is 0 Å². The molecule has 2 atom stereocenters. The standard InChI is InChI=1S/C25H30N4O2S/c1-25(2)19-11-8-18(22(25)14-19)15-26-28-23(17-9-12-21(13-10-17)29(30)31)16-32-24(28)27-20-6-4-3-5-7-20/h8-10,12-13,15-16,19-20,22H,3-7,11,14H2,1-2H3. The highest BCUT2D eigenvalue weighted by Gasteiger charge is 2.50. The van der Waals surface area contributed by atoms with Gasteiger partial charge in [0.2, 0.25) is 4.80 Å². The average Bonchev–Trinajstić information content (AvgIpc) is 3.20. The molecule has 0 spiro atoms. The predicted octanol–water partition coefficient (Wildman–Crippen LogP) is 6.18. The fourth-order valence-electron chi connectivity index (χ4n) is 5.49. The van der Waals surface area contributed by atoms with Crippen molar-refractivity contribution in [1.82, 2.24) is 4.68 Å². The van der Waals surface area contributed by atoms with Gasteiger partial charge in [-0.1, -0.05) is 39.2 Å². The van der Waals surface area contributed by atoms with E-state index in [0.717, 1.165) is 41.2 Å². The first kappa shape index (κ1) is 21.3. The van der Waals surface area contributed by atoms with Gasteiger partial charge in [-0.15, -0.1) is 11.3 Å². The Bertz CT molecular complexity index is 1130. The van der Waals surface area contributed by atoms with Crippen LogP contribution < -0.4 is 4.80 Å². The van der Waals surface area contributed by atoms with Crippen LogP contribution in [0, 0.1) is 27.4 Å². The maximum absolute atomic E-state index is 11.1. The number of hydrogen-bond donors (Lipinski definition) is 0. The second-order valence-electron chi connectivity index (χ2n) is 9.93. The van der Waals surface area contributed by atoms with E-state index in [1.54, 1.807) is 35.6 Å². The van der Waals surface area contributed by atoms with Crippen LogP contribution in [0.15, 0.2) is 51.4 Å². The number of nitro groups is 1. The van der Waals surface area contributed by atoms with E-state index in [1.165, 1.54) is 31.3 Å². The molecule has 1 aromatic carbocycles. The molecule has 6 rings (SSSR count). The molecule has 2 unspecified atom stereocenters. The summed E-state index contributed by atoms with van der Waals surface area (Å²) in [5, 5.41) is 18.1. The van der Waals surface area contributed by atoms with Crippen molar-refractivity contribution in [2.24, 2.45) is 27.3 Å². The summed E-state index contributed by atoms with van der Waals surface area (Å²) in [7, 11) is 0. The Kier molecular flexibility index (Phi) is 5.61. The molecular weight excluding hydrogens is 420 g/mol. The quantitative estimate of drug-likeness (QED) is 0.310. The third-order valence-electron chi connectivity index (χ3n) is 7.76. The van der Waals surface area contributed by atoms with Gasteiger partial charge in [-0.2, -0.15) is 5.10 Å². The van der Waals surface area contributed by atoms with E-state index >= 15 is 0 Å². The second-order valence-corrected chi connectivity index (χ2v) is 10.8. The molecule has 32 heavy (non-hydrogen) atoms. The van der Waals surface area contributed by atoms with E-state index in [9.17, 15) is 10.1 Å². The van der Waals surface area contributed by atoms with Gasteiger partial charge >= 0.3 is 0 Å². The van der Waals surface area contributed by atoms with Crippen LogP contribution in [0.3, 0.4) is 0 Å². The van der Waals surface area contributed by atoms with Gasteiger partial charge in [-0.3, -0.25) is 15.1 Å². The molecule has 0 saturated heterocycles. The van der Waals surface area contributed by atoms with Crippen LogP contribution in [0.1, 0.15) is 58.8 Å². The van der Waals surface area contributed by atoms with Crippen LogP contribution in [-0.2, 0) is 0 Å². The summed E-state index contributed by atoms with van der Waals surface area (Å²) >= 11 is 1.60. The van der Waals surface area contributed by atoms with E-state index in [-0.39, 0.29) is 10.6 Å². The molecule has 4 aliphatic rings. The van der Waals surface area contributed by atoms with Crippen molar-refractivity contribution in [2.75, 3.05) is 0 Å². The predicted molar refractivity (Wildman–Crippen MR) is 129 cm³/mol. The summed E-state index contributed by atoms with van der Waals surface area (Å²) in [5.74, 6) is 1.37. The maximum atomic E-state index is 11.1. The number of nitrogens with zero attached hydrogens (tertiary/aromatic N) is 4. The van der Waals surface area contributed by atoms with Gasteiger partial charge in [0.25, 0.3) is 5.69 Å². The van der Waals surface area contributed by atoms with Gasteiger partial charge in [0, 0.05) is 23.1 Å². The van der Waals surface area contributed by atoms with Gasteiger partial charge < -0.3 is 0 Å². The molecular formula is C25H30N4O2S. The summed E-state index contributed by atoms with van der Waals surface area (Å²) in [4.78, 5) is 16.7. The van der Waals surface area contributed by atoms with Crippen LogP contribution in [-0.4, -0.2) is 21.9 Å². The van der Waals surface area contributed by atoms with Crippen LogP contribution in [0.4, 0.5) is 5.69 Å². The molecule has 0 aliphatic heterocycles. The molecule has 2 bridgehead atoms. The van der Waals surface area contributed by atoms with Gasteiger partial charge in [0.05, 0.1) is 22.9 Å². The number of fused-ring (bicyclic) bond motifs is 1. The van der Waals surface area contributed by atoms with Crippen LogP contribution in [0.2, 0.25) is 0 Å². The lowest BCUT2D eigenvalue weighted by Crippen LogP contribution is -2.48. The molecule has 7 heteroatoms. The zero-order valence-electron chi connectivity index (χ0n) is 18.7. The Morgan fingerprint density at radius 1 is 1.19 bits per heavy atom. The second kappa shape index (κ2) is 8.43. The van der Waals surface area contributed by atoms with Crippen LogP contribution in [0.5, 0.6) is 0 Å². The van der Waals surface area contributed by atoms with Crippen molar-refractivity contribution in [3.8, 4) is 11.3 Å². The Morgan fingerprint density at radius 2 is 1.94 bits per heavy atom. The number of non-ortho nitro benzene ring substituents is 1. The molecule has 0 radical (unpaired) electrons. The van der Waals surface area contributed by atoms with Gasteiger partial charge in [0.1, 0.15) is 0 Å². The lowest BCUT2D eigenvalue weighted by molar-refractivity contribution is -0.384. The monoisotopic (exact) mass is 450 g/mol. The Labute approximate surface area is 192 Å². The lowest BCUT2D eigenvalue weighted by Gasteiger charge is -2.55. The Morgan fingerprint density at radius 3 is 2.59 bits per heavy atom. The molecule has 168 valence electrons. The van der Waals surface area contributed by atoms with Gasteiger partial charge in [-0.25, -0.2) is 4.68 Å². The highest BCUT2D eigenvalue weighted by Crippen LogP contribution is 2.58. The van der Waals surface area contributed by atoms with Crippen molar-refractivity contribution < 1.29 is 4.92 Å². The third kappa shape index (κ3) is 3.87. The topological polar surface area (TPSA) is 72.8 Å². The summed E-state index contributed by atoms with van der Waals surface area (Å²) in [6, 6.07) is 7.07. The van der Waals surface area contributed by atoms with E-state index in [1.807, 2.05) is 10.9 Å². The Hall–Kier alpha value is -2.54. The van der Waals surface area contributed by atoms with Gasteiger partial charge in [0.15, 0.2) is 0 Å². The van der Waals surface area contributed by atoms with E-state index in [0.29, 0.717) is 17.4 Å². The molecule has 1 aromatic heterocycles. The van der Waals surface area contributed by atoms with Crippen molar-refractivity contribution in [2.45, 2.75) is 64.8 Å². The largest absolute Gasteiger partial charge is 0.269 e.